The summed E-state index contributed by atoms with van der Waals surface area (Å²) in [6.45, 7) is 3.11. The number of hydrogen-bond acceptors (Lipinski definition) is 5. The van der Waals surface area contributed by atoms with Gasteiger partial charge in [-0.2, -0.15) is 5.10 Å². The summed E-state index contributed by atoms with van der Waals surface area (Å²) in [5.41, 5.74) is 5.73. The smallest absolute Gasteiger partial charge is 0.244 e. The van der Waals surface area contributed by atoms with Crippen molar-refractivity contribution in [2.24, 2.45) is 17.6 Å². The van der Waals surface area contributed by atoms with Gasteiger partial charge in [0.15, 0.2) is 5.82 Å². The molecule has 2 atom stereocenters. The fourth-order valence-electron chi connectivity index (χ4n) is 3.45. The first kappa shape index (κ1) is 19.7. The summed E-state index contributed by atoms with van der Waals surface area (Å²) in [6.07, 6.45) is 4.65. The molecule has 2 heterocycles. The van der Waals surface area contributed by atoms with Crippen LogP contribution in [0.3, 0.4) is 0 Å². The molecule has 0 aromatic carbocycles. The number of aromatic nitrogens is 2. The van der Waals surface area contributed by atoms with Crippen LogP contribution in [-0.2, 0) is 20.9 Å². The Hall–Kier alpha value is -1.64. The number of ether oxygens (including phenoxy) is 1. The van der Waals surface area contributed by atoms with Gasteiger partial charge in [-0.1, -0.05) is 6.42 Å². The lowest BCUT2D eigenvalue weighted by atomic mass is 9.95. The Kier molecular flexibility index (Phi) is 7.22. The van der Waals surface area contributed by atoms with Gasteiger partial charge in [-0.3, -0.25) is 14.3 Å². The van der Waals surface area contributed by atoms with Crippen molar-refractivity contribution in [1.29, 1.82) is 0 Å². The van der Waals surface area contributed by atoms with Crippen LogP contribution in [-0.4, -0.2) is 59.3 Å². The van der Waals surface area contributed by atoms with Crippen LogP contribution >= 0.6 is 12.4 Å². The summed E-state index contributed by atoms with van der Waals surface area (Å²) >= 11 is 0. The molecule has 1 aliphatic carbocycles. The number of rotatable bonds is 5. The number of nitrogens with zero attached hydrogens (tertiary/aromatic N) is 3. The first-order valence-corrected chi connectivity index (χ1v) is 8.57. The predicted molar refractivity (Wildman–Crippen MR) is 95.4 cm³/mol. The van der Waals surface area contributed by atoms with Gasteiger partial charge in [0.25, 0.3) is 0 Å². The number of morpholine rings is 1. The molecule has 3 rings (SSSR count). The van der Waals surface area contributed by atoms with Gasteiger partial charge in [-0.25, -0.2) is 0 Å². The van der Waals surface area contributed by atoms with E-state index in [-0.39, 0.29) is 42.6 Å². The Bertz CT molecular complexity index is 588. The van der Waals surface area contributed by atoms with Crippen LogP contribution < -0.4 is 11.1 Å². The number of anilines is 1. The Morgan fingerprint density at radius 3 is 2.80 bits per heavy atom. The molecular formula is C16H26ClN5O3. The molecule has 0 unspecified atom stereocenters. The molecule has 0 radical (unpaired) electrons. The summed E-state index contributed by atoms with van der Waals surface area (Å²) in [7, 11) is 0. The zero-order chi connectivity index (χ0) is 16.9. The summed E-state index contributed by atoms with van der Waals surface area (Å²) < 4.78 is 6.80. The molecule has 0 bridgehead atoms. The molecule has 1 saturated heterocycles. The van der Waals surface area contributed by atoms with E-state index in [2.05, 4.69) is 10.4 Å². The normalized spacial score (nSPS) is 23.2. The Labute approximate surface area is 153 Å². The predicted octanol–water partition coefficient (Wildman–Crippen LogP) is 0.477. The van der Waals surface area contributed by atoms with Crippen LogP contribution in [0, 0.1) is 11.8 Å². The lowest BCUT2D eigenvalue weighted by molar-refractivity contribution is -0.136. The summed E-state index contributed by atoms with van der Waals surface area (Å²) in [5, 5.41) is 7.13. The van der Waals surface area contributed by atoms with Gasteiger partial charge < -0.3 is 20.7 Å². The second-order valence-corrected chi connectivity index (χ2v) is 6.41. The van der Waals surface area contributed by atoms with E-state index in [4.69, 9.17) is 10.5 Å². The molecule has 1 saturated carbocycles. The van der Waals surface area contributed by atoms with E-state index in [0.29, 0.717) is 38.7 Å². The average molecular weight is 372 g/mol. The minimum absolute atomic E-state index is 0. The SMILES string of the molecule is Cl.NC[C@H]1CCC[C@H]1C(=O)Nc1ccn(CC(=O)N2CCOCC2)n1. The van der Waals surface area contributed by atoms with Crippen molar-refractivity contribution < 1.29 is 14.3 Å². The molecule has 140 valence electrons. The van der Waals surface area contributed by atoms with Crippen LogP contribution in [0.5, 0.6) is 0 Å². The van der Waals surface area contributed by atoms with Crippen LogP contribution in [0.4, 0.5) is 5.82 Å². The van der Waals surface area contributed by atoms with Crippen molar-refractivity contribution in [3.05, 3.63) is 12.3 Å². The molecule has 2 amide bonds. The minimum atomic E-state index is -0.0323. The maximum absolute atomic E-state index is 12.4. The molecule has 8 nitrogen and oxygen atoms in total. The maximum atomic E-state index is 12.4. The molecule has 1 aromatic heterocycles. The summed E-state index contributed by atoms with van der Waals surface area (Å²) in [4.78, 5) is 26.3. The van der Waals surface area contributed by atoms with Crippen molar-refractivity contribution >= 4 is 30.0 Å². The average Bonchev–Trinajstić information content (AvgIpc) is 3.24. The van der Waals surface area contributed by atoms with Gasteiger partial charge in [0, 0.05) is 31.3 Å². The van der Waals surface area contributed by atoms with E-state index in [9.17, 15) is 9.59 Å². The molecule has 0 spiro atoms. The van der Waals surface area contributed by atoms with Crippen molar-refractivity contribution in [3.8, 4) is 0 Å². The van der Waals surface area contributed by atoms with Crippen LogP contribution in [0.25, 0.3) is 0 Å². The van der Waals surface area contributed by atoms with E-state index in [1.54, 1.807) is 21.8 Å². The number of nitrogens with two attached hydrogens (primary N) is 1. The van der Waals surface area contributed by atoms with E-state index in [1.807, 2.05) is 0 Å². The third-order valence-corrected chi connectivity index (χ3v) is 4.85. The Morgan fingerprint density at radius 1 is 1.32 bits per heavy atom. The highest BCUT2D eigenvalue weighted by atomic mass is 35.5. The molecule has 3 N–H and O–H groups in total. The number of carbonyl (C=O) groups excluding carboxylic acids is 2. The van der Waals surface area contributed by atoms with Crippen LogP contribution in [0.15, 0.2) is 12.3 Å². The number of hydrogen-bond donors (Lipinski definition) is 2. The highest BCUT2D eigenvalue weighted by Crippen LogP contribution is 2.31. The number of amides is 2. The van der Waals surface area contributed by atoms with E-state index in [0.717, 1.165) is 19.3 Å². The van der Waals surface area contributed by atoms with Gasteiger partial charge in [-0.05, 0) is 25.3 Å². The number of nitrogens with one attached hydrogen (secondary N) is 1. The van der Waals surface area contributed by atoms with Gasteiger partial charge in [0.1, 0.15) is 6.54 Å². The fraction of sp³-hybridized carbons (Fsp3) is 0.688. The minimum Gasteiger partial charge on any atom is -0.378 e. The Morgan fingerprint density at radius 2 is 2.08 bits per heavy atom. The third-order valence-electron chi connectivity index (χ3n) is 4.85. The second-order valence-electron chi connectivity index (χ2n) is 6.41. The topological polar surface area (TPSA) is 102 Å². The zero-order valence-electron chi connectivity index (χ0n) is 14.2. The van der Waals surface area contributed by atoms with Gasteiger partial charge in [-0.15, -0.1) is 12.4 Å². The van der Waals surface area contributed by atoms with Gasteiger partial charge in [0.05, 0.1) is 13.2 Å². The molecule has 2 fully saturated rings. The summed E-state index contributed by atoms with van der Waals surface area (Å²) in [6, 6.07) is 1.72. The van der Waals surface area contributed by atoms with E-state index >= 15 is 0 Å². The third kappa shape index (κ3) is 4.93. The molecule has 1 aliphatic heterocycles. The lowest BCUT2D eigenvalue weighted by Crippen LogP contribution is -2.42. The second kappa shape index (κ2) is 9.17. The molecule has 9 heteroatoms. The lowest BCUT2D eigenvalue weighted by Gasteiger charge is -2.26. The largest absolute Gasteiger partial charge is 0.378 e. The van der Waals surface area contributed by atoms with E-state index in [1.165, 1.54) is 0 Å². The van der Waals surface area contributed by atoms with Crippen LogP contribution in [0.2, 0.25) is 0 Å². The molecule has 25 heavy (non-hydrogen) atoms. The fourth-order valence-corrected chi connectivity index (χ4v) is 3.45. The van der Waals surface area contributed by atoms with Crippen molar-refractivity contribution in [2.75, 3.05) is 38.2 Å². The van der Waals surface area contributed by atoms with Crippen LogP contribution in [0.1, 0.15) is 19.3 Å². The molecule has 1 aromatic rings. The van der Waals surface area contributed by atoms with E-state index < -0.39 is 0 Å². The van der Waals surface area contributed by atoms with Crippen molar-refractivity contribution in [1.82, 2.24) is 14.7 Å². The van der Waals surface area contributed by atoms with Gasteiger partial charge >= 0.3 is 0 Å². The highest BCUT2D eigenvalue weighted by molar-refractivity contribution is 5.92. The molecular weight excluding hydrogens is 346 g/mol. The maximum Gasteiger partial charge on any atom is 0.244 e. The Balaban J connectivity index is 0.00000225. The molecule has 2 aliphatic rings. The summed E-state index contributed by atoms with van der Waals surface area (Å²) in [5.74, 6) is 0.702. The number of halogens is 1. The number of carbonyl (C=O) groups is 2. The van der Waals surface area contributed by atoms with Crippen molar-refractivity contribution in [2.45, 2.75) is 25.8 Å². The quantitative estimate of drug-likeness (QED) is 0.783. The highest BCUT2D eigenvalue weighted by Gasteiger charge is 2.32. The first-order chi connectivity index (χ1) is 11.7. The van der Waals surface area contributed by atoms with Crippen molar-refractivity contribution in [3.63, 3.8) is 0 Å². The zero-order valence-corrected chi connectivity index (χ0v) is 15.0. The first-order valence-electron chi connectivity index (χ1n) is 8.57. The monoisotopic (exact) mass is 371 g/mol. The van der Waals surface area contributed by atoms with Gasteiger partial charge in [0.2, 0.25) is 11.8 Å². The standard InChI is InChI=1S/C16H25N5O3.ClH/c17-10-12-2-1-3-13(12)16(23)18-14-4-5-21(19-14)11-15(22)20-6-8-24-9-7-20;/h4-5,12-13H,1-3,6-11,17H2,(H,18,19,23);1H/t12-,13-;/m1./s1.